The van der Waals surface area contributed by atoms with Crippen molar-refractivity contribution in [2.45, 2.75) is 19.3 Å². The maximum Gasteiger partial charge on any atom is 0.125 e. The van der Waals surface area contributed by atoms with Gasteiger partial charge in [0.05, 0.1) is 5.69 Å². The second kappa shape index (κ2) is 5.21. The van der Waals surface area contributed by atoms with Crippen molar-refractivity contribution < 1.29 is 0 Å². The van der Waals surface area contributed by atoms with Crippen LogP contribution in [0.15, 0.2) is 24.3 Å². The summed E-state index contributed by atoms with van der Waals surface area (Å²) in [5.74, 6) is 0. The van der Waals surface area contributed by atoms with E-state index in [0.717, 1.165) is 18.0 Å². The molecule has 100 valence electrons. The Balaban J connectivity index is 1.96. The van der Waals surface area contributed by atoms with Crippen LogP contribution in [0.25, 0.3) is 10.6 Å². The fourth-order valence-corrected chi connectivity index (χ4v) is 3.35. The van der Waals surface area contributed by atoms with Gasteiger partial charge in [0.1, 0.15) is 10.0 Å². The smallest absolute Gasteiger partial charge is 0.125 e. The molecule has 4 heteroatoms. The van der Waals surface area contributed by atoms with Crippen molar-refractivity contribution in [3.05, 3.63) is 30.0 Å². The SMILES string of the molecule is CN(C)c1cccc(-c2nc3c(s2)NCCCC3)c1. The van der Waals surface area contributed by atoms with Gasteiger partial charge in [-0.05, 0) is 31.4 Å². The fourth-order valence-electron chi connectivity index (χ4n) is 2.32. The monoisotopic (exact) mass is 273 g/mol. The topological polar surface area (TPSA) is 28.2 Å². The van der Waals surface area contributed by atoms with Gasteiger partial charge in [0.25, 0.3) is 0 Å². The van der Waals surface area contributed by atoms with Gasteiger partial charge in [0.2, 0.25) is 0 Å². The minimum absolute atomic E-state index is 1.08. The van der Waals surface area contributed by atoms with E-state index in [1.807, 2.05) is 0 Å². The lowest BCUT2D eigenvalue weighted by molar-refractivity contribution is 0.775. The highest BCUT2D eigenvalue weighted by Crippen LogP contribution is 2.35. The number of benzene rings is 1. The Morgan fingerprint density at radius 1 is 1.26 bits per heavy atom. The summed E-state index contributed by atoms with van der Waals surface area (Å²) in [7, 11) is 4.13. The Bertz CT molecular complexity index is 551. The number of anilines is 2. The van der Waals surface area contributed by atoms with E-state index >= 15 is 0 Å². The molecule has 19 heavy (non-hydrogen) atoms. The molecule has 1 aliphatic rings. The van der Waals surface area contributed by atoms with Gasteiger partial charge in [-0.2, -0.15) is 0 Å². The van der Waals surface area contributed by atoms with Gasteiger partial charge in [0, 0.05) is 31.9 Å². The largest absolute Gasteiger partial charge is 0.378 e. The zero-order valence-corrected chi connectivity index (χ0v) is 12.3. The lowest BCUT2D eigenvalue weighted by Gasteiger charge is -2.12. The van der Waals surface area contributed by atoms with Crippen LogP contribution in [-0.4, -0.2) is 25.6 Å². The number of fused-ring (bicyclic) bond motifs is 1. The Kier molecular flexibility index (Phi) is 3.42. The average molecular weight is 273 g/mol. The Hall–Kier alpha value is -1.55. The first-order valence-corrected chi connectivity index (χ1v) is 7.57. The van der Waals surface area contributed by atoms with Crippen molar-refractivity contribution in [3.8, 4) is 10.6 Å². The Morgan fingerprint density at radius 3 is 3.00 bits per heavy atom. The second-order valence-corrected chi connectivity index (χ2v) is 6.12. The lowest BCUT2D eigenvalue weighted by Crippen LogP contribution is -2.08. The number of rotatable bonds is 2. The predicted octanol–water partition coefficient (Wildman–Crippen LogP) is 3.62. The van der Waals surface area contributed by atoms with Crippen LogP contribution in [0.3, 0.4) is 0 Å². The molecule has 0 radical (unpaired) electrons. The van der Waals surface area contributed by atoms with Gasteiger partial charge in [-0.15, -0.1) is 0 Å². The molecular weight excluding hydrogens is 254 g/mol. The molecule has 1 aromatic carbocycles. The van der Waals surface area contributed by atoms with E-state index in [9.17, 15) is 0 Å². The van der Waals surface area contributed by atoms with Crippen LogP contribution < -0.4 is 10.2 Å². The first kappa shape index (κ1) is 12.5. The maximum absolute atomic E-state index is 4.82. The molecule has 1 aromatic heterocycles. The number of hydrogen-bond donors (Lipinski definition) is 1. The van der Waals surface area contributed by atoms with Gasteiger partial charge in [0.15, 0.2) is 0 Å². The number of hydrogen-bond acceptors (Lipinski definition) is 4. The highest BCUT2D eigenvalue weighted by atomic mass is 32.1. The molecular formula is C15H19N3S. The molecule has 0 saturated heterocycles. The summed E-state index contributed by atoms with van der Waals surface area (Å²) in [6.45, 7) is 1.08. The number of thiazole rings is 1. The van der Waals surface area contributed by atoms with E-state index in [-0.39, 0.29) is 0 Å². The summed E-state index contributed by atoms with van der Waals surface area (Å²) in [4.78, 5) is 6.94. The molecule has 1 aliphatic heterocycles. The molecule has 0 amide bonds. The van der Waals surface area contributed by atoms with Crippen LogP contribution in [-0.2, 0) is 6.42 Å². The van der Waals surface area contributed by atoms with Gasteiger partial charge in [-0.1, -0.05) is 23.5 Å². The highest BCUT2D eigenvalue weighted by Gasteiger charge is 2.14. The summed E-state index contributed by atoms with van der Waals surface area (Å²) in [5, 5.41) is 5.89. The van der Waals surface area contributed by atoms with Crippen molar-refractivity contribution in [2.24, 2.45) is 0 Å². The molecule has 0 aliphatic carbocycles. The van der Waals surface area contributed by atoms with Crippen molar-refractivity contribution in [3.63, 3.8) is 0 Å². The van der Waals surface area contributed by atoms with E-state index in [0.29, 0.717) is 0 Å². The third kappa shape index (κ3) is 2.59. The average Bonchev–Trinajstić information content (AvgIpc) is 2.70. The fraction of sp³-hybridized carbons (Fsp3) is 0.400. The third-order valence-corrected chi connectivity index (χ3v) is 4.54. The number of nitrogens with zero attached hydrogens (tertiary/aromatic N) is 2. The summed E-state index contributed by atoms with van der Waals surface area (Å²) in [6, 6.07) is 8.58. The molecule has 0 bridgehead atoms. The van der Waals surface area contributed by atoms with E-state index in [1.54, 1.807) is 11.3 Å². The van der Waals surface area contributed by atoms with Crippen LogP contribution in [0.1, 0.15) is 18.5 Å². The Morgan fingerprint density at radius 2 is 2.16 bits per heavy atom. The standard InChI is InChI=1S/C15H19N3S/c1-18(2)12-7-5-6-11(10-12)14-17-13-8-3-4-9-16-15(13)19-14/h5-7,10,16H,3-4,8-9H2,1-2H3. The lowest BCUT2D eigenvalue weighted by atomic mass is 10.2. The van der Waals surface area contributed by atoms with Crippen molar-refractivity contribution in [1.82, 2.24) is 4.98 Å². The van der Waals surface area contributed by atoms with Crippen LogP contribution in [0.5, 0.6) is 0 Å². The molecule has 0 saturated carbocycles. The maximum atomic E-state index is 4.82. The Labute approximate surface area is 118 Å². The first-order chi connectivity index (χ1) is 9.24. The third-order valence-electron chi connectivity index (χ3n) is 3.43. The first-order valence-electron chi connectivity index (χ1n) is 6.75. The molecule has 1 N–H and O–H groups in total. The minimum Gasteiger partial charge on any atom is -0.378 e. The van der Waals surface area contributed by atoms with Gasteiger partial charge in [-0.3, -0.25) is 0 Å². The summed E-state index contributed by atoms with van der Waals surface area (Å²) >= 11 is 1.78. The van der Waals surface area contributed by atoms with Crippen molar-refractivity contribution in [2.75, 3.05) is 30.9 Å². The number of aryl methyl sites for hydroxylation is 1. The van der Waals surface area contributed by atoms with Crippen LogP contribution in [0.4, 0.5) is 10.7 Å². The van der Waals surface area contributed by atoms with E-state index in [1.165, 1.54) is 34.8 Å². The van der Waals surface area contributed by atoms with Gasteiger partial charge < -0.3 is 10.2 Å². The highest BCUT2D eigenvalue weighted by molar-refractivity contribution is 7.19. The zero-order chi connectivity index (χ0) is 13.2. The summed E-state index contributed by atoms with van der Waals surface area (Å²) in [5.41, 5.74) is 3.68. The summed E-state index contributed by atoms with van der Waals surface area (Å²) in [6.07, 6.45) is 3.58. The molecule has 2 heterocycles. The molecule has 0 unspecified atom stereocenters. The van der Waals surface area contributed by atoms with Crippen LogP contribution in [0.2, 0.25) is 0 Å². The van der Waals surface area contributed by atoms with Gasteiger partial charge in [-0.25, -0.2) is 4.98 Å². The zero-order valence-electron chi connectivity index (χ0n) is 11.4. The predicted molar refractivity (Wildman–Crippen MR) is 83.3 cm³/mol. The second-order valence-electron chi connectivity index (χ2n) is 5.12. The molecule has 2 aromatic rings. The minimum atomic E-state index is 1.08. The molecule has 3 rings (SSSR count). The van der Waals surface area contributed by atoms with E-state index in [4.69, 9.17) is 4.98 Å². The summed E-state index contributed by atoms with van der Waals surface area (Å²) < 4.78 is 0. The quantitative estimate of drug-likeness (QED) is 0.905. The van der Waals surface area contributed by atoms with E-state index in [2.05, 4.69) is 48.6 Å². The number of aromatic nitrogens is 1. The van der Waals surface area contributed by atoms with Crippen molar-refractivity contribution >= 4 is 22.0 Å². The van der Waals surface area contributed by atoms with Gasteiger partial charge >= 0.3 is 0 Å². The molecule has 0 atom stereocenters. The van der Waals surface area contributed by atoms with Crippen LogP contribution in [0, 0.1) is 0 Å². The van der Waals surface area contributed by atoms with E-state index < -0.39 is 0 Å². The number of nitrogens with one attached hydrogen (secondary N) is 1. The van der Waals surface area contributed by atoms with Crippen molar-refractivity contribution in [1.29, 1.82) is 0 Å². The van der Waals surface area contributed by atoms with Crippen LogP contribution >= 0.6 is 11.3 Å². The molecule has 0 spiro atoms. The normalized spacial score (nSPS) is 14.4. The molecule has 3 nitrogen and oxygen atoms in total. The molecule has 0 fully saturated rings.